The van der Waals surface area contributed by atoms with Gasteiger partial charge in [0.25, 0.3) is 0 Å². The van der Waals surface area contributed by atoms with Gasteiger partial charge in [-0.3, -0.25) is 4.79 Å². The van der Waals surface area contributed by atoms with Crippen molar-refractivity contribution >= 4 is 5.91 Å². The van der Waals surface area contributed by atoms with Crippen molar-refractivity contribution in [2.75, 3.05) is 6.54 Å². The summed E-state index contributed by atoms with van der Waals surface area (Å²) in [6.07, 6.45) is 3.23. The van der Waals surface area contributed by atoms with Gasteiger partial charge >= 0.3 is 0 Å². The molecule has 1 amide bonds. The molecule has 2 nitrogen and oxygen atoms in total. The first-order valence-electron chi connectivity index (χ1n) is 5.40. The van der Waals surface area contributed by atoms with Gasteiger partial charge in [0, 0.05) is 13.0 Å². The van der Waals surface area contributed by atoms with Gasteiger partial charge < -0.3 is 5.32 Å². The highest BCUT2D eigenvalue weighted by Gasteiger charge is 2.30. The van der Waals surface area contributed by atoms with E-state index in [9.17, 15) is 4.79 Å². The van der Waals surface area contributed by atoms with Crippen LogP contribution in [0.1, 0.15) is 40.0 Å². The number of nitrogens with one attached hydrogen (secondary N) is 1. The van der Waals surface area contributed by atoms with Gasteiger partial charge in [0.15, 0.2) is 0 Å². The van der Waals surface area contributed by atoms with E-state index in [1.54, 1.807) is 0 Å². The molecule has 1 rings (SSSR count). The zero-order chi connectivity index (χ0) is 9.84. The van der Waals surface area contributed by atoms with Crippen LogP contribution in [-0.2, 0) is 4.79 Å². The Kier molecular flexibility index (Phi) is 3.76. The standard InChI is InChI=1S/C11H21NO/c1-4-11(13)12-7-9-5-10(6-9)8(2)3/h8-10H,4-7H2,1-3H3,(H,12,13)/t9-,10+. The molecule has 1 N–H and O–H groups in total. The minimum absolute atomic E-state index is 0.188. The molecule has 0 unspecified atom stereocenters. The summed E-state index contributed by atoms with van der Waals surface area (Å²) < 4.78 is 0. The minimum Gasteiger partial charge on any atom is -0.356 e. The lowest BCUT2D eigenvalue weighted by molar-refractivity contribution is -0.121. The summed E-state index contributed by atoms with van der Waals surface area (Å²) in [6, 6.07) is 0. The molecule has 0 aromatic rings. The fraction of sp³-hybridized carbons (Fsp3) is 0.909. The van der Waals surface area contributed by atoms with Crippen LogP contribution in [0.4, 0.5) is 0 Å². The average Bonchev–Trinajstić information content (AvgIpc) is 2.00. The third kappa shape index (κ3) is 3.02. The summed E-state index contributed by atoms with van der Waals surface area (Å²) in [6.45, 7) is 7.36. The number of hydrogen-bond donors (Lipinski definition) is 1. The minimum atomic E-state index is 0.188. The summed E-state index contributed by atoms with van der Waals surface area (Å²) in [5, 5.41) is 2.95. The first kappa shape index (κ1) is 10.6. The highest BCUT2D eigenvalue weighted by atomic mass is 16.1. The zero-order valence-corrected chi connectivity index (χ0v) is 8.97. The van der Waals surface area contributed by atoms with Crippen molar-refractivity contribution in [1.29, 1.82) is 0 Å². The van der Waals surface area contributed by atoms with Crippen LogP contribution >= 0.6 is 0 Å². The molecule has 0 bridgehead atoms. The molecule has 1 aliphatic carbocycles. The molecule has 2 heteroatoms. The van der Waals surface area contributed by atoms with E-state index in [4.69, 9.17) is 0 Å². The molecule has 0 atom stereocenters. The van der Waals surface area contributed by atoms with Crippen molar-refractivity contribution in [3.8, 4) is 0 Å². The lowest BCUT2D eigenvalue weighted by atomic mass is 9.69. The van der Waals surface area contributed by atoms with Crippen LogP contribution in [0.15, 0.2) is 0 Å². The lowest BCUT2D eigenvalue weighted by Crippen LogP contribution is -2.37. The molecule has 1 aliphatic rings. The molecule has 0 saturated heterocycles. The van der Waals surface area contributed by atoms with Crippen LogP contribution in [0.25, 0.3) is 0 Å². The van der Waals surface area contributed by atoms with Gasteiger partial charge in [-0.25, -0.2) is 0 Å². The maximum absolute atomic E-state index is 11.0. The Morgan fingerprint density at radius 3 is 2.54 bits per heavy atom. The van der Waals surface area contributed by atoms with Crippen molar-refractivity contribution in [3.63, 3.8) is 0 Å². The van der Waals surface area contributed by atoms with Gasteiger partial charge in [0.2, 0.25) is 5.91 Å². The quantitative estimate of drug-likeness (QED) is 0.711. The van der Waals surface area contributed by atoms with E-state index < -0.39 is 0 Å². The van der Waals surface area contributed by atoms with Crippen molar-refractivity contribution in [3.05, 3.63) is 0 Å². The molecule has 0 aliphatic heterocycles. The Morgan fingerprint density at radius 2 is 2.08 bits per heavy atom. The van der Waals surface area contributed by atoms with Gasteiger partial charge in [-0.05, 0) is 30.6 Å². The van der Waals surface area contributed by atoms with Gasteiger partial charge in [0.1, 0.15) is 0 Å². The van der Waals surface area contributed by atoms with Crippen molar-refractivity contribution in [2.24, 2.45) is 17.8 Å². The van der Waals surface area contributed by atoms with E-state index in [1.165, 1.54) is 12.8 Å². The maximum atomic E-state index is 11.0. The Morgan fingerprint density at radius 1 is 1.46 bits per heavy atom. The highest BCUT2D eigenvalue weighted by molar-refractivity contribution is 5.75. The van der Waals surface area contributed by atoms with Crippen LogP contribution in [-0.4, -0.2) is 12.5 Å². The number of amides is 1. The molecule has 76 valence electrons. The third-order valence-electron chi connectivity index (χ3n) is 3.12. The first-order valence-corrected chi connectivity index (χ1v) is 5.40. The number of rotatable bonds is 4. The molecule has 0 spiro atoms. The number of carbonyl (C=O) groups excluding carboxylic acids is 1. The van der Waals surface area contributed by atoms with E-state index >= 15 is 0 Å². The molecule has 0 aromatic heterocycles. The molecule has 13 heavy (non-hydrogen) atoms. The van der Waals surface area contributed by atoms with Gasteiger partial charge in [-0.2, -0.15) is 0 Å². The molecule has 1 fully saturated rings. The first-order chi connectivity index (χ1) is 6.13. The fourth-order valence-electron chi connectivity index (χ4n) is 1.88. The molecule has 0 radical (unpaired) electrons. The van der Waals surface area contributed by atoms with Gasteiger partial charge in [-0.15, -0.1) is 0 Å². The van der Waals surface area contributed by atoms with E-state index in [0.717, 1.165) is 24.3 Å². The average molecular weight is 183 g/mol. The Labute approximate surface area is 81.1 Å². The second-order valence-electron chi connectivity index (χ2n) is 4.50. The smallest absolute Gasteiger partial charge is 0.219 e. The zero-order valence-electron chi connectivity index (χ0n) is 8.97. The number of carbonyl (C=O) groups is 1. The summed E-state index contributed by atoms with van der Waals surface area (Å²) in [5.74, 6) is 2.66. The van der Waals surface area contributed by atoms with Crippen LogP contribution in [0.3, 0.4) is 0 Å². The molecule has 1 saturated carbocycles. The van der Waals surface area contributed by atoms with Crippen LogP contribution in [0, 0.1) is 17.8 Å². The summed E-state index contributed by atoms with van der Waals surface area (Å²) in [5.41, 5.74) is 0. The largest absolute Gasteiger partial charge is 0.356 e. The molecule has 0 heterocycles. The highest BCUT2D eigenvalue weighted by Crippen LogP contribution is 2.38. The Bertz CT molecular complexity index is 171. The normalized spacial score (nSPS) is 27.1. The van der Waals surface area contributed by atoms with E-state index in [-0.39, 0.29) is 5.91 Å². The predicted octanol–water partition coefficient (Wildman–Crippen LogP) is 2.19. The monoisotopic (exact) mass is 183 g/mol. The molecular formula is C11H21NO. The SMILES string of the molecule is CCC(=O)NC[C@H]1C[C@@H](C(C)C)C1. The van der Waals surface area contributed by atoms with Crippen molar-refractivity contribution in [2.45, 2.75) is 40.0 Å². The van der Waals surface area contributed by atoms with E-state index in [2.05, 4.69) is 19.2 Å². The van der Waals surface area contributed by atoms with Gasteiger partial charge in [-0.1, -0.05) is 20.8 Å². The number of hydrogen-bond acceptors (Lipinski definition) is 1. The second kappa shape index (κ2) is 4.64. The second-order valence-corrected chi connectivity index (χ2v) is 4.50. The topological polar surface area (TPSA) is 29.1 Å². The lowest BCUT2D eigenvalue weighted by Gasteiger charge is -2.38. The van der Waals surface area contributed by atoms with Crippen molar-refractivity contribution in [1.82, 2.24) is 5.32 Å². The fourth-order valence-corrected chi connectivity index (χ4v) is 1.88. The summed E-state index contributed by atoms with van der Waals surface area (Å²) >= 11 is 0. The maximum Gasteiger partial charge on any atom is 0.219 e. The molecular weight excluding hydrogens is 162 g/mol. The van der Waals surface area contributed by atoms with Crippen LogP contribution < -0.4 is 5.32 Å². The summed E-state index contributed by atoms with van der Waals surface area (Å²) in [7, 11) is 0. The van der Waals surface area contributed by atoms with Crippen LogP contribution in [0.5, 0.6) is 0 Å². The van der Waals surface area contributed by atoms with Crippen molar-refractivity contribution < 1.29 is 4.79 Å². The van der Waals surface area contributed by atoms with E-state index in [1.807, 2.05) is 6.92 Å². The van der Waals surface area contributed by atoms with Gasteiger partial charge in [0.05, 0.1) is 0 Å². The Hall–Kier alpha value is -0.530. The summed E-state index contributed by atoms with van der Waals surface area (Å²) in [4.78, 5) is 11.0. The third-order valence-corrected chi connectivity index (χ3v) is 3.12. The van der Waals surface area contributed by atoms with Crippen LogP contribution in [0.2, 0.25) is 0 Å². The van der Waals surface area contributed by atoms with E-state index in [0.29, 0.717) is 6.42 Å². The Balaban J connectivity index is 2.05. The predicted molar refractivity (Wildman–Crippen MR) is 54.4 cm³/mol. The molecule has 0 aromatic carbocycles.